The molecule has 0 radical (unpaired) electrons. The van der Waals surface area contributed by atoms with E-state index in [4.69, 9.17) is 4.98 Å². The third-order valence-electron chi connectivity index (χ3n) is 3.11. The van der Waals surface area contributed by atoms with Gasteiger partial charge in [-0.15, -0.1) is 0 Å². The molecule has 1 aromatic heterocycles. The summed E-state index contributed by atoms with van der Waals surface area (Å²) < 4.78 is 1.93. The molecule has 0 unspecified atom stereocenters. The van der Waals surface area contributed by atoms with Gasteiger partial charge in [0.2, 0.25) is 0 Å². The van der Waals surface area contributed by atoms with Crippen LogP contribution in [0, 0.1) is 0 Å². The average molecular weight is 413 g/mol. The maximum atomic E-state index is 4.70. The number of anilines is 1. The summed E-state index contributed by atoms with van der Waals surface area (Å²) in [6.45, 7) is 7.14. The first-order valence-electron chi connectivity index (χ1n) is 6.77. The lowest BCUT2D eigenvalue weighted by Gasteiger charge is -2.23. The second-order valence-electron chi connectivity index (χ2n) is 6.07. The van der Waals surface area contributed by atoms with Gasteiger partial charge in [-0.05, 0) is 27.6 Å². The van der Waals surface area contributed by atoms with E-state index in [1.165, 1.54) is 5.56 Å². The molecule has 0 fully saturated rings. The molecule has 0 bridgehead atoms. The van der Waals surface area contributed by atoms with E-state index < -0.39 is 0 Å². The first-order chi connectivity index (χ1) is 9.77. The van der Waals surface area contributed by atoms with Crippen LogP contribution in [-0.4, -0.2) is 17.0 Å². The van der Waals surface area contributed by atoms with E-state index in [2.05, 4.69) is 74.6 Å². The van der Waals surface area contributed by atoms with Crippen LogP contribution >= 0.6 is 31.9 Å². The van der Waals surface area contributed by atoms with Gasteiger partial charge in [-0.2, -0.15) is 0 Å². The van der Waals surface area contributed by atoms with Crippen molar-refractivity contribution < 1.29 is 0 Å². The summed E-state index contributed by atoms with van der Waals surface area (Å²) >= 11 is 7.08. The van der Waals surface area contributed by atoms with Gasteiger partial charge in [0.05, 0.1) is 0 Å². The molecule has 1 heterocycles. The van der Waals surface area contributed by atoms with Crippen molar-refractivity contribution in [1.29, 1.82) is 0 Å². The zero-order chi connectivity index (χ0) is 15.6. The molecule has 0 aliphatic carbocycles. The van der Waals surface area contributed by atoms with Gasteiger partial charge < -0.3 is 4.90 Å². The Morgan fingerprint density at radius 2 is 1.76 bits per heavy atom. The molecule has 5 heteroatoms. The molecular weight excluding hydrogens is 394 g/mol. The predicted octanol–water partition coefficient (Wildman–Crippen LogP) is 4.94. The zero-order valence-electron chi connectivity index (χ0n) is 12.7. The van der Waals surface area contributed by atoms with Gasteiger partial charge in [0.15, 0.2) is 0 Å². The predicted molar refractivity (Wildman–Crippen MR) is 94.7 cm³/mol. The van der Waals surface area contributed by atoms with Crippen LogP contribution in [0.25, 0.3) is 0 Å². The Labute approximate surface area is 143 Å². The summed E-state index contributed by atoms with van der Waals surface area (Å²) in [5.41, 5.74) is 1.15. The Bertz CT molecular complexity index is 636. The topological polar surface area (TPSA) is 29.0 Å². The number of benzene rings is 1. The second-order valence-corrected chi connectivity index (χ2v) is 7.74. The molecule has 0 aliphatic rings. The van der Waals surface area contributed by atoms with E-state index in [0.717, 1.165) is 27.3 Å². The smallest absolute Gasteiger partial charge is 0.137 e. The molecule has 1 aromatic carbocycles. The Kier molecular flexibility index (Phi) is 5.04. The first-order valence-corrected chi connectivity index (χ1v) is 8.35. The Morgan fingerprint density at radius 3 is 2.38 bits per heavy atom. The van der Waals surface area contributed by atoms with E-state index in [9.17, 15) is 0 Å². The molecule has 0 saturated carbocycles. The first kappa shape index (κ1) is 16.4. The highest BCUT2D eigenvalue weighted by Crippen LogP contribution is 2.25. The zero-order valence-corrected chi connectivity index (χ0v) is 15.9. The molecule has 0 amide bonds. The number of nitrogens with zero attached hydrogens (tertiary/aromatic N) is 3. The fourth-order valence-corrected chi connectivity index (χ4v) is 2.68. The second kappa shape index (κ2) is 6.44. The molecule has 2 rings (SSSR count). The summed E-state index contributed by atoms with van der Waals surface area (Å²) in [4.78, 5) is 11.3. The van der Waals surface area contributed by atoms with Crippen molar-refractivity contribution in [2.24, 2.45) is 0 Å². The number of hydrogen-bond acceptors (Lipinski definition) is 3. The van der Waals surface area contributed by atoms with Crippen LogP contribution in [-0.2, 0) is 12.0 Å². The molecule has 21 heavy (non-hydrogen) atoms. The summed E-state index contributed by atoms with van der Waals surface area (Å²) in [6.07, 6.45) is 0. The molecule has 0 aliphatic heterocycles. The van der Waals surface area contributed by atoms with Crippen LogP contribution < -0.4 is 4.90 Å². The Morgan fingerprint density at radius 1 is 1.10 bits per heavy atom. The highest BCUT2D eigenvalue weighted by Gasteiger charge is 2.19. The van der Waals surface area contributed by atoms with Crippen molar-refractivity contribution in [2.45, 2.75) is 32.7 Å². The minimum absolute atomic E-state index is 0.0767. The molecule has 0 spiro atoms. The van der Waals surface area contributed by atoms with E-state index >= 15 is 0 Å². The van der Waals surface area contributed by atoms with Gasteiger partial charge in [-0.1, -0.05) is 54.9 Å². The van der Waals surface area contributed by atoms with Gasteiger partial charge in [0.25, 0.3) is 0 Å². The number of rotatable bonds is 3. The molecule has 0 N–H and O–H groups in total. The van der Waals surface area contributed by atoms with Crippen molar-refractivity contribution >= 4 is 37.7 Å². The molecule has 0 atom stereocenters. The molecule has 2 aromatic rings. The molecule has 0 saturated heterocycles. The van der Waals surface area contributed by atoms with Crippen LogP contribution in [0.3, 0.4) is 0 Å². The normalized spacial score (nSPS) is 11.5. The summed E-state index contributed by atoms with van der Waals surface area (Å²) in [5.74, 6) is 1.75. The SMILES string of the molecule is CN(Cc1ccccc1Br)c1cc(Br)nc(C(C)(C)C)n1. The highest BCUT2D eigenvalue weighted by molar-refractivity contribution is 9.10. The summed E-state index contributed by atoms with van der Waals surface area (Å²) in [6, 6.07) is 10.2. The molecule has 3 nitrogen and oxygen atoms in total. The minimum atomic E-state index is -0.0767. The maximum Gasteiger partial charge on any atom is 0.137 e. The lowest BCUT2D eigenvalue weighted by molar-refractivity contribution is 0.542. The fraction of sp³-hybridized carbons (Fsp3) is 0.375. The van der Waals surface area contributed by atoms with Crippen LogP contribution in [0.2, 0.25) is 0 Å². The number of hydrogen-bond donors (Lipinski definition) is 0. The maximum absolute atomic E-state index is 4.70. The van der Waals surface area contributed by atoms with E-state index in [-0.39, 0.29) is 5.41 Å². The van der Waals surface area contributed by atoms with Crippen molar-refractivity contribution in [2.75, 3.05) is 11.9 Å². The van der Waals surface area contributed by atoms with Crippen molar-refractivity contribution in [3.8, 4) is 0 Å². The van der Waals surface area contributed by atoms with E-state index in [1.54, 1.807) is 0 Å². The van der Waals surface area contributed by atoms with Crippen LogP contribution in [0.4, 0.5) is 5.82 Å². The monoisotopic (exact) mass is 411 g/mol. The quantitative estimate of drug-likeness (QED) is 0.668. The Balaban J connectivity index is 2.29. The van der Waals surface area contributed by atoms with Gasteiger partial charge in [-0.25, -0.2) is 9.97 Å². The standard InChI is InChI=1S/C16H19Br2N3/c1-16(2,3)15-19-13(18)9-14(20-15)21(4)10-11-7-5-6-8-12(11)17/h5-9H,10H2,1-4H3. The van der Waals surface area contributed by atoms with Crippen molar-refractivity contribution in [1.82, 2.24) is 9.97 Å². The molecule has 112 valence electrons. The van der Waals surface area contributed by atoms with Crippen molar-refractivity contribution in [3.05, 3.63) is 50.8 Å². The van der Waals surface area contributed by atoms with E-state index in [1.807, 2.05) is 25.2 Å². The Hall–Kier alpha value is -0.940. The van der Waals surface area contributed by atoms with Gasteiger partial charge in [0, 0.05) is 29.5 Å². The minimum Gasteiger partial charge on any atom is -0.355 e. The largest absolute Gasteiger partial charge is 0.355 e. The van der Waals surface area contributed by atoms with Gasteiger partial charge >= 0.3 is 0 Å². The molecular formula is C16H19Br2N3. The lowest BCUT2D eigenvalue weighted by Crippen LogP contribution is -2.22. The third-order valence-corrected chi connectivity index (χ3v) is 4.29. The number of halogens is 2. The van der Waals surface area contributed by atoms with Gasteiger partial charge in [0.1, 0.15) is 16.2 Å². The summed E-state index contributed by atoms with van der Waals surface area (Å²) in [5, 5.41) is 0. The summed E-state index contributed by atoms with van der Waals surface area (Å²) in [7, 11) is 2.04. The van der Waals surface area contributed by atoms with Crippen LogP contribution in [0.5, 0.6) is 0 Å². The third kappa shape index (κ3) is 4.27. The van der Waals surface area contributed by atoms with Gasteiger partial charge in [-0.3, -0.25) is 0 Å². The fourth-order valence-electron chi connectivity index (χ4n) is 1.90. The average Bonchev–Trinajstić information content (AvgIpc) is 2.39. The van der Waals surface area contributed by atoms with Crippen molar-refractivity contribution in [3.63, 3.8) is 0 Å². The van der Waals surface area contributed by atoms with Crippen LogP contribution in [0.1, 0.15) is 32.2 Å². The van der Waals surface area contributed by atoms with E-state index in [0.29, 0.717) is 0 Å². The lowest BCUT2D eigenvalue weighted by atomic mass is 9.96. The number of aromatic nitrogens is 2. The highest BCUT2D eigenvalue weighted by atomic mass is 79.9. The van der Waals surface area contributed by atoms with Crippen LogP contribution in [0.15, 0.2) is 39.4 Å².